The third-order valence-electron chi connectivity index (χ3n) is 4.68. The molecule has 7 nitrogen and oxygen atoms in total. The number of ether oxygens (including phenoxy) is 2. The zero-order chi connectivity index (χ0) is 19.4. The monoisotopic (exact) mass is 381 g/mol. The van der Waals surface area contributed by atoms with E-state index in [4.69, 9.17) is 4.74 Å². The number of hydrogen-bond acceptors (Lipinski definition) is 5. The number of carbonyl (C=O) groups is 2. The largest absolute Gasteiger partial charge is 0.490 e. The third kappa shape index (κ3) is 3.86. The number of alkyl halides is 2. The first kappa shape index (κ1) is 19.1. The lowest BCUT2D eigenvalue weighted by atomic mass is 9.82. The molecule has 3 amide bonds. The van der Waals surface area contributed by atoms with E-state index in [-0.39, 0.29) is 23.7 Å². The van der Waals surface area contributed by atoms with Crippen LogP contribution >= 0.6 is 0 Å². The van der Waals surface area contributed by atoms with Crippen molar-refractivity contribution in [2.24, 2.45) is 5.10 Å². The van der Waals surface area contributed by atoms with Gasteiger partial charge in [0.25, 0.3) is 5.91 Å². The summed E-state index contributed by atoms with van der Waals surface area (Å²) in [5.41, 5.74) is -0.728. The van der Waals surface area contributed by atoms with Crippen LogP contribution in [0.25, 0.3) is 0 Å². The van der Waals surface area contributed by atoms with Gasteiger partial charge in [-0.05, 0) is 31.9 Å². The van der Waals surface area contributed by atoms with Gasteiger partial charge in [-0.3, -0.25) is 4.79 Å². The predicted octanol–water partition coefficient (Wildman–Crippen LogP) is 3.28. The van der Waals surface area contributed by atoms with Gasteiger partial charge >= 0.3 is 12.6 Å². The Labute approximate surface area is 155 Å². The van der Waals surface area contributed by atoms with Crippen LogP contribution in [-0.2, 0) is 4.79 Å². The number of hydrogen-bond donors (Lipinski definition) is 1. The Morgan fingerprint density at radius 3 is 2.70 bits per heavy atom. The van der Waals surface area contributed by atoms with Crippen molar-refractivity contribution in [3.05, 3.63) is 23.8 Å². The van der Waals surface area contributed by atoms with Gasteiger partial charge in [0.2, 0.25) is 0 Å². The van der Waals surface area contributed by atoms with E-state index < -0.39 is 24.1 Å². The van der Waals surface area contributed by atoms with Crippen LogP contribution in [0, 0.1) is 0 Å². The first-order chi connectivity index (χ1) is 13.0. The summed E-state index contributed by atoms with van der Waals surface area (Å²) in [5.74, 6) is -0.485. The van der Waals surface area contributed by atoms with Crippen LogP contribution in [0.3, 0.4) is 0 Å². The smallest absolute Gasteiger partial charge is 0.387 e. The molecular weight excluding hydrogens is 360 g/mol. The average Bonchev–Trinajstić information content (AvgIpc) is 2.85. The summed E-state index contributed by atoms with van der Waals surface area (Å²) in [6.07, 6.45) is 5.03. The molecule has 27 heavy (non-hydrogen) atoms. The van der Waals surface area contributed by atoms with Gasteiger partial charge in [-0.1, -0.05) is 25.3 Å². The molecule has 1 heterocycles. The molecule has 0 unspecified atom stereocenters. The minimum Gasteiger partial charge on any atom is -0.490 e. The van der Waals surface area contributed by atoms with Crippen molar-refractivity contribution in [3.8, 4) is 11.5 Å². The highest BCUT2D eigenvalue weighted by atomic mass is 19.3. The molecule has 1 aromatic rings. The Bertz CT molecular complexity index is 748. The van der Waals surface area contributed by atoms with Gasteiger partial charge in [0.15, 0.2) is 11.5 Å². The molecule has 0 bridgehead atoms. The number of urea groups is 1. The van der Waals surface area contributed by atoms with Gasteiger partial charge in [0, 0.05) is 5.56 Å². The van der Waals surface area contributed by atoms with Gasteiger partial charge in [0.1, 0.15) is 5.54 Å². The molecule has 1 aromatic carbocycles. The second-order valence-corrected chi connectivity index (χ2v) is 6.42. The highest BCUT2D eigenvalue weighted by Crippen LogP contribution is 2.35. The van der Waals surface area contributed by atoms with Crippen LogP contribution in [0.1, 0.15) is 44.6 Å². The molecule has 1 aliphatic heterocycles. The van der Waals surface area contributed by atoms with E-state index in [2.05, 4.69) is 15.2 Å². The minimum atomic E-state index is -3.05. The van der Waals surface area contributed by atoms with E-state index in [1.54, 1.807) is 13.0 Å². The summed E-state index contributed by atoms with van der Waals surface area (Å²) in [7, 11) is 0. The molecule has 2 fully saturated rings. The fraction of sp³-hybridized carbons (Fsp3) is 0.500. The highest BCUT2D eigenvalue weighted by molar-refractivity contribution is 6.07. The Hall–Kier alpha value is -2.71. The second kappa shape index (κ2) is 7.89. The lowest BCUT2D eigenvalue weighted by molar-refractivity contribution is -0.132. The van der Waals surface area contributed by atoms with Crippen molar-refractivity contribution in [3.63, 3.8) is 0 Å². The molecule has 1 saturated heterocycles. The first-order valence-corrected chi connectivity index (χ1v) is 8.88. The SMILES string of the molecule is CCOc1cccc(/C=N\N2C(=O)NC3(CCCCC3)C2=O)c1OC(F)F. The van der Waals surface area contributed by atoms with Gasteiger partial charge in [0.05, 0.1) is 12.8 Å². The molecular formula is C18H21F2N3O4. The zero-order valence-electron chi connectivity index (χ0n) is 14.9. The zero-order valence-corrected chi connectivity index (χ0v) is 14.9. The summed E-state index contributed by atoms with van der Waals surface area (Å²) >= 11 is 0. The molecule has 0 radical (unpaired) electrons. The molecule has 1 saturated carbocycles. The molecule has 146 valence electrons. The lowest BCUT2D eigenvalue weighted by Crippen LogP contribution is -2.48. The fourth-order valence-electron chi connectivity index (χ4n) is 3.44. The Morgan fingerprint density at radius 2 is 2.04 bits per heavy atom. The number of carbonyl (C=O) groups excluding carboxylic acids is 2. The van der Waals surface area contributed by atoms with Gasteiger partial charge < -0.3 is 14.8 Å². The summed E-state index contributed by atoms with van der Waals surface area (Å²) in [6, 6.07) is 3.94. The van der Waals surface area contributed by atoms with Crippen LogP contribution in [0.2, 0.25) is 0 Å². The molecule has 2 aliphatic rings. The number of hydrazone groups is 1. The number of nitrogens with one attached hydrogen (secondary N) is 1. The van der Waals surface area contributed by atoms with E-state index in [0.29, 0.717) is 12.8 Å². The second-order valence-electron chi connectivity index (χ2n) is 6.42. The van der Waals surface area contributed by atoms with Crippen molar-refractivity contribution < 1.29 is 27.8 Å². The van der Waals surface area contributed by atoms with Crippen molar-refractivity contribution >= 4 is 18.2 Å². The fourth-order valence-corrected chi connectivity index (χ4v) is 3.44. The van der Waals surface area contributed by atoms with Crippen molar-refractivity contribution in [2.45, 2.75) is 51.2 Å². The minimum absolute atomic E-state index is 0.128. The van der Waals surface area contributed by atoms with Gasteiger partial charge in [-0.25, -0.2) is 4.79 Å². The normalized spacial score (nSPS) is 19.2. The van der Waals surface area contributed by atoms with Crippen molar-refractivity contribution in [2.75, 3.05) is 6.61 Å². The van der Waals surface area contributed by atoms with Crippen LogP contribution in [0.15, 0.2) is 23.3 Å². The van der Waals surface area contributed by atoms with Crippen LogP contribution < -0.4 is 14.8 Å². The number of benzene rings is 1. The number of nitrogens with zero attached hydrogens (tertiary/aromatic N) is 2. The van der Waals surface area contributed by atoms with Crippen LogP contribution in [-0.4, -0.2) is 41.9 Å². The summed E-state index contributed by atoms with van der Waals surface area (Å²) in [6.45, 7) is -1.08. The maximum Gasteiger partial charge on any atom is 0.387 e. The topological polar surface area (TPSA) is 80.2 Å². The molecule has 1 spiro atoms. The van der Waals surface area contributed by atoms with E-state index in [0.717, 1.165) is 30.5 Å². The van der Waals surface area contributed by atoms with Crippen LogP contribution in [0.5, 0.6) is 11.5 Å². The Morgan fingerprint density at radius 1 is 1.30 bits per heavy atom. The maximum absolute atomic E-state index is 12.8. The van der Waals surface area contributed by atoms with Crippen molar-refractivity contribution in [1.29, 1.82) is 0 Å². The molecule has 0 atom stereocenters. The Kier molecular flexibility index (Phi) is 5.57. The number of halogens is 2. The van der Waals surface area contributed by atoms with E-state index >= 15 is 0 Å². The van der Waals surface area contributed by atoms with Crippen LogP contribution in [0.4, 0.5) is 13.6 Å². The lowest BCUT2D eigenvalue weighted by Gasteiger charge is -2.29. The first-order valence-electron chi connectivity index (χ1n) is 8.88. The predicted molar refractivity (Wildman–Crippen MR) is 93.0 cm³/mol. The molecule has 3 rings (SSSR count). The van der Waals surface area contributed by atoms with E-state index in [1.165, 1.54) is 12.1 Å². The standard InChI is InChI=1S/C18H21F2N3O4/c1-2-26-13-8-6-7-12(14(13)27-16(19)20)11-21-23-15(24)18(22-17(23)25)9-4-3-5-10-18/h6-8,11,16H,2-5,9-10H2,1H3,(H,22,25)/b21-11-. The number of imide groups is 1. The number of rotatable bonds is 6. The van der Waals surface area contributed by atoms with Crippen molar-refractivity contribution in [1.82, 2.24) is 10.3 Å². The molecule has 1 aliphatic carbocycles. The average molecular weight is 381 g/mol. The Balaban J connectivity index is 1.86. The van der Waals surface area contributed by atoms with E-state index in [9.17, 15) is 18.4 Å². The third-order valence-corrected chi connectivity index (χ3v) is 4.68. The van der Waals surface area contributed by atoms with E-state index in [1.807, 2.05) is 0 Å². The maximum atomic E-state index is 12.8. The van der Waals surface area contributed by atoms with Gasteiger partial charge in [-0.2, -0.15) is 13.9 Å². The summed E-state index contributed by atoms with van der Waals surface area (Å²) in [4.78, 5) is 24.9. The summed E-state index contributed by atoms with van der Waals surface area (Å²) < 4.78 is 35.4. The number of amides is 3. The quantitative estimate of drug-likeness (QED) is 0.606. The van der Waals surface area contributed by atoms with Gasteiger partial charge in [-0.15, -0.1) is 5.01 Å². The molecule has 9 heteroatoms. The number of para-hydroxylation sites is 1. The molecule has 0 aromatic heterocycles. The molecule has 1 N–H and O–H groups in total. The summed E-state index contributed by atoms with van der Waals surface area (Å²) in [5, 5.41) is 7.43. The highest BCUT2D eigenvalue weighted by Gasteiger charge is 2.51.